The van der Waals surface area contributed by atoms with Crippen molar-refractivity contribution >= 4 is 30.7 Å². The van der Waals surface area contributed by atoms with Gasteiger partial charge in [-0.2, -0.15) is 0 Å². The number of imidazole rings is 1. The van der Waals surface area contributed by atoms with E-state index in [1.165, 1.54) is 24.8 Å². The molecule has 0 radical (unpaired) electrons. The lowest BCUT2D eigenvalue weighted by Gasteiger charge is -2.30. The largest absolute Gasteiger partial charge is 0.352 e. The van der Waals surface area contributed by atoms with Crippen molar-refractivity contribution in [2.24, 2.45) is 11.7 Å². The number of hydrogen-bond donors (Lipinski definition) is 2. The lowest BCUT2D eigenvalue weighted by molar-refractivity contribution is -0.123. The van der Waals surface area contributed by atoms with Crippen molar-refractivity contribution in [2.45, 2.75) is 57.7 Å². The minimum atomic E-state index is -0.547. The third-order valence-electron chi connectivity index (χ3n) is 5.10. The third kappa shape index (κ3) is 6.83. The first-order chi connectivity index (χ1) is 12.1. The van der Waals surface area contributed by atoms with Crippen LogP contribution in [0.3, 0.4) is 0 Å². The van der Waals surface area contributed by atoms with E-state index in [2.05, 4.69) is 29.4 Å². The van der Waals surface area contributed by atoms with Gasteiger partial charge in [0.15, 0.2) is 0 Å². The van der Waals surface area contributed by atoms with Crippen molar-refractivity contribution in [1.29, 1.82) is 0 Å². The fourth-order valence-corrected chi connectivity index (χ4v) is 3.53. The second kappa shape index (κ2) is 11.3. The zero-order chi connectivity index (χ0) is 17.6. The molecule has 1 aliphatic carbocycles. The molecule has 1 aromatic heterocycles. The Kier molecular flexibility index (Phi) is 9.84. The van der Waals surface area contributed by atoms with E-state index in [9.17, 15) is 4.79 Å². The van der Waals surface area contributed by atoms with Crippen LogP contribution in [0.5, 0.6) is 0 Å². The summed E-state index contributed by atoms with van der Waals surface area (Å²) >= 11 is 0. The van der Waals surface area contributed by atoms with Gasteiger partial charge in [-0.15, -0.1) is 24.8 Å². The lowest BCUT2D eigenvalue weighted by atomic mass is 9.86. The molecule has 1 aliphatic rings. The molecule has 3 atom stereocenters. The Labute approximate surface area is 173 Å². The number of hydrogen-bond acceptors (Lipinski definition) is 3. The standard InChI is InChI=1S/C20H28N4O.2ClH/c1-15-7-5-6-10-19(15)23-20(25)18(21)11-17-13-24(14-22-17)12-16-8-3-2-4-9-16;;/h2-4,8-9,13-15,18-19H,5-7,10-12,21H2,1H3,(H,23,25);2*1H/t15?,18-,19?;;/m0../s1. The molecule has 0 spiro atoms. The predicted octanol–water partition coefficient (Wildman–Crippen LogP) is 3.34. The summed E-state index contributed by atoms with van der Waals surface area (Å²) in [6.45, 7) is 2.98. The maximum Gasteiger partial charge on any atom is 0.237 e. The molecular formula is C20H30Cl2N4O. The van der Waals surface area contributed by atoms with E-state index in [4.69, 9.17) is 5.73 Å². The number of carbonyl (C=O) groups excluding carboxylic acids is 1. The van der Waals surface area contributed by atoms with Crippen molar-refractivity contribution in [3.05, 3.63) is 54.1 Å². The summed E-state index contributed by atoms with van der Waals surface area (Å²) < 4.78 is 2.03. The van der Waals surface area contributed by atoms with Crippen molar-refractivity contribution in [3.8, 4) is 0 Å². The molecule has 1 fully saturated rings. The monoisotopic (exact) mass is 412 g/mol. The molecule has 1 saturated carbocycles. The number of aromatic nitrogens is 2. The minimum absolute atomic E-state index is 0. The molecule has 1 amide bonds. The first kappa shape index (κ1) is 23.5. The van der Waals surface area contributed by atoms with Crippen LogP contribution in [0.25, 0.3) is 0 Å². The van der Waals surface area contributed by atoms with Crippen molar-refractivity contribution in [3.63, 3.8) is 0 Å². The van der Waals surface area contributed by atoms with Gasteiger partial charge in [-0.1, -0.05) is 50.1 Å². The van der Waals surface area contributed by atoms with Crippen molar-refractivity contribution in [2.75, 3.05) is 0 Å². The second-order valence-electron chi connectivity index (χ2n) is 7.21. The molecule has 0 aliphatic heterocycles. The molecule has 0 saturated heterocycles. The van der Waals surface area contributed by atoms with Gasteiger partial charge in [0.25, 0.3) is 0 Å². The van der Waals surface area contributed by atoms with Gasteiger partial charge >= 0.3 is 0 Å². The number of nitrogens with one attached hydrogen (secondary N) is 1. The number of nitrogens with two attached hydrogens (primary N) is 1. The van der Waals surface area contributed by atoms with Crippen LogP contribution >= 0.6 is 24.8 Å². The molecule has 0 bridgehead atoms. The molecule has 1 aromatic carbocycles. The van der Waals surface area contributed by atoms with Crippen LogP contribution in [0.2, 0.25) is 0 Å². The van der Waals surface area contributed by atoms with Crippen LogP contribution in [0, 0.1) is 5.92 Å². The van der Waals surface area contributed by atoms with Crippen molar-refractivity contribution < 1.29 is 4.79 Å². The summed E-state index contributed by atoms with van der Waals surface area (Å²) in [5.41, 5.74) is 8.19. The topological polar surface area (TPSA) is 72.9 Å². The van der Waals surface area contributed by atoms with Crippen LogP contribution in [0.1, 0.15) is 43.9 Å². The molecule has 1 heterocycles. The highest BCUT2D eigenvalue weighted by Gasteiger charge is 2.25. The summed E-state index contributed by atoms with van der Waals surface area (Å²) in [5, 5.41) is 3.14. The SMILES string of the molecule is CC1CCCCC1NC(=O)[C@@H](N)Cc1cn(Cc2ccccc2)cn1.Cl.Cl. The van der Waals surface area contributed by atoms with Gasteiger partial charge in [0.2, 0.25) is 5.91 Å². The molecule has 5 nitrogen and oxygen atoms in total. The molecular weight excluding hydrogens is 383 g/mol. The van der Waals surface area contributed by atoms with E-state index in [1.807, 2.05) is 29.0 Å². The van der Waals surface area contributed by atoms with Gasteiger partial charge < -0.3 is 15.6 Å². The van der Waals surface area contributed by atoms with E-state index in [-0.39, 0.29) is 36.8 Å². The van der Waals surface area contributed by atoms with E-state index in [0.29, 0.717) is 12.3 Å². The van der Waals surface area contributed by atoms with E-state index >= 15 is 0 Å². The van der Waals surface area contributed by atoms with Crippen LogP contribution in [0.4, 0.5) is 0 Å². The number of amides is 1. The fourth-order valence-electron chi connectivity index (χ4n) is 3.53. The van der Waals surface area contributed by atoms with Crippen LogP contribution in [0.15, 0.2) is 42.9 Å². The average molecular weight is 413 g/mol. The van der Waals surface area contributed by atoms with E-state index in [0.717, 1.165) is 18.7 Å². The maximum atomic E-state index is 12.4. The molecule has 3 N–H and O–H groups in total. The highest BCUT2D eigenvalue weighted by Crippen LogP contribution is 2.23. The Hall–Kier alpha value is -1.56. The molecule has 3 rings (SSSR count). The third-order valence-corrected chi connectivity index (χ3v) is 5.10. The number of rotatable bonds is 6. The summed E-state index contributed by atoms with van der Waals surface area (Å²) in [6, 6.07) is 9.96. The normalized spacial score (nSPS) is 20.1. The first-order valence-corrected chi connectivity index (χ1v) is 9.22. The minimum Gasteiger partial charge on any atom is -0.352 e. The highest BCUT2D eigenvalue weighted by molar-refractivity contribution is 5.85. The Bertz CT molecular complexity index is 692. The maximum absolute atomic E-state index is 12.4. The zero-order valence-corrected chi connectivity index (χ0v) is 17.3. The lowest BCUT2D eigenvalue weighted by Crippen LogP contribution is -2.49. The summed E-state index contributed by atoms with van der Waals surface area (Å²) in [6.07, 6.45) is 8.94. The Morgan fingerprint density at radius 3 is 2.67 bits per heavy atom. The summed E-state index contributed by atoms with van der Waals surface area (Å²) in [5.74, 6) is 0.478. The van der Waals surface area contributed by atoms with E-state index < -0.39 is 6.04 Å². The van der Waals surface area contributed by atoms with Crippen molar-refractivity contribution in [1.82, 2.24) is 14.9 Å². The highest BCUT2D eigenvalue weighted by atomic mass is 35.5. The second-order valence-corrected chi connectivity index (χ2v) is 7.21. The molecule has 27 heavy (non-hydrogen) atoms. The van der Waals surface area contributed by atoms with Crippen LogP contribution < -0.4 is 11.1 Å². The summed E-state index contributed by atoms with van der Waals surface area (Å²) in [7, 11) is 0. The van der Waals surface area contributed by atoms with Gasteiger partial charge in [0.1, 0.15) is 0 Å². The smallest absolute Gasteiger partial charge is 0.237 e. The van der Waals surface area contributed by atoms with E-state index in [1.54, 1.807) is 6.33 Å². The zero-order valence-electron chi connectivity index (χ0n) is 15.7. The molecule has 7 heteroatoms. The average Bonchev–Trinajstić information content (AvgIpc) is 3.04. The first-order valence-electron chi connectivity index (χ1n) is 9.22. The molecule has 2 unspecified atom stereocenters. The van der Waals surface area contributed by atoms with Gasteiger partial charge in [-0.05, 0) is 24.3 Å². The quantitative estimate of drug-likeness (QED) is 0.763. The van der Waals surface area contributed by atoms with Gasteiger partial charge in [-0.25, -0.2) is 4.98 Å². The van der Waals surface area contributed by atoms with Gasteiger partial charge in [-0.3, -0.25) is 4.79 Å². The van der Waals surface area contributed by atoms with Gasteiger partial charge in [0.05, 0.1) is 18.1 Å². The number of nitrogens with zero attached hydrogens (tertiary/aromatic N) is 2. The molecule has 150 valence electrons. The Morgan fingerprint density at radius 1 is 1.26 bits per heavy atom. The van der Waals surface area contributed by atoms with Crippen LogP contribution in [-0.2, 0) is 17.8 Å². The summed E-state index contributed by atoms with van der Waals surface area (Å²) in [4.78, 5) is 16.8. The Balaban J connectivity index is 0.00000182. The van der Waals surface area contributed by atoms with Crippen LogP contribution in [-0.4, -0.2) is 27.5 Å². The molecule has 2 aromatic rings. The Morgan fingerprint density at radius 2 is 1.96 bits per heavy atom. The number of benzene rings is 1. The number of halogens is 2. The van der Waals surface area contributed by atoms with Gasteiger partial charge in [0, 0.05) is 25.2 Å². The fraction of sp³-hybridized carbons (Fsp3) is 0.500. The predicted molar refractivity (Wildman–Crippen MR) is 114 cm³/mol. The number of carbonyl (C=O) groups is 1.